The molecule has 0 aliphatic rings. The highest BCUT2D eigenvalue weighted by Crippen LogP contribution is 2.24. The van der Waals surface area contributed by atoms with Gasteiger partial charge in [-0.15, -0.1) is 0 Å². The summed E-state index contributed by atoms with van der Waals surface area (Å²) in [6, 6.07) is 4.03. The van der Waals surface area contributed by atoms with E-state index in [-0.39, 0.29) is 12.5 Å². The molecule has 0 aliphatic heterocycles. The fraction of sp³-hybridized carbons (Fsp3) is 0.462. The average molecular weight is 222 g/mol. The topological polar surface area (TPSA) is 46.5 Å². The Morgan fingerprint density at radius 2 is 2.00 bits per heavy atom. The molecule has 3 nitrogen and oxygen atoms in total. The number of hydrogen-bond donors (Lipinski definition) is 1. The first-order valence-electron chi connectivity index (χ1n) is 5.36. The molecule has 0 amide bonds. The van der Waals surface area contributed by atoms with Gasteiger partial charge in [0.2, 0.25) is 0 Å². The first-order chi connectivity index (χ1) is 7.40. The highest BCUT2D eigenvalue weighted by atomic mass is 16.5. The molecule has 1 rings (SSSR count). The quantitative estimate of drug-likeness (QED) is 0.852. The van der Waals surface area contributed by atoms with Crippen LogP contribution in [0.5, 0.6) is 5.75 Å². The van der Waals surface area contributed by atoms with Crippen molar-refractivity contribution in [2.24, 2.45) is 0 Å². The van der Waals surface area contributed by atoms with Crippen LogP contribution in [0.15, 0.2) is 12.1 Å². The Morgan fingerprint density at radius 3 is 2.56 bits per heavy atom. The van der Waals surface area contributed by atoms with Crippen LogP contribution in [0.4, 0.5) is 0 Å². The van der Waals surface area contributed by atoms with Crippen molar-refractivity contribution in [2.45, 2.75) is 40.2 Å². The zero-order valence-electron chi connectivity index (χ0n) is 10.2. The number of ether oxygens (including phenoxy) is 1. The SMILES string of the molecule is Cc1cc(C)c(C)c(O[C@@H](C)CC(=O)O)c1. The number of carboxylic acids is 1. The van der Waals surface area contributed by atoms with Crippen LogP contribution in [-0.2, 0) is 4.79 Å². The molecular weight excluding hydrogens is 204 g/mol. The van der Waals surface area contributed by atoms with Gasteiger partial charge in [-0.3, -0.25) is 4.79 Å². The lowest BCUT2D eigenvalue weighted by Crippen LogP contribution is -2.17. The summed E-state index contributed by atoms with van der Waals surface area (Å²) in [5.41, 5.74) is 3.36. The number of benzene rings is 1. The van der Waals surface area contributed by atoms with E-state index in [1.54, 1.807) is 6.92 Å². The Bertz CT molecular complexity index is 396. The van der Waals surface area contributed by atoms with Crippen LogP contribution >= 0.6 is 0 Å². The van der Waals surface area contributed by atoms with E-state index >= 15 is 0 Å². The van der Waals surface area contributed by atoms with Gasteiger partial charge in [0.1, 0.15) is 11.9 Å². The summed E-state index contributed by atoms with van der Waals surface area (Å²) in [6.07, 6.45) is -0.288. The fourth-order valence-electron chi connectivity index (χ4n) is 1.63. The number of carboxylic acid groups (broad SMARTS) is 1. The lowest BCUT2D eigenvalue weighted by atomic mass is 10.1. The molecule has 16 heavy (non-hydrogen) atoms. The van der Waals surface area contributed by atoms with E-state index in [0.29, 0.717) is 0 Å². The fourth-order valence-corrected chi connectivity index (χ4v) is 1.63. The lowest BCUT2D eigenvalue weighted by molar-refractivity contribution is -0.138. The van der Waals surface area contributed by atoms with Crippen molar-refractivity contribution in [3.05, 3.63) is 28.8 Å². The van der Waals surface area contributed by atoms with E-state index in [9.17, 15) is 4.79 Å². The average Bonchev–Trinajstić information content (AvgIpc) is 2.11. The van der Waals surface area contributed by atoms with Crippen LogP contribution in [0, 0.1) is 20.8 Å². The van der Waals surface area contributed by atoms with Crippen molar-refractivity contribution in [1.82, 2.24) is 0 Å². The first kappa shape index (κ1) is 12.6. The van der Waals surface area contributed by atoms with Crippen LogP contribution in [0.3, 0.4) is 0 Å². The Balaban J connectivity index is 2.84. The van der Waals surface area contributed by atoms with Gasteiger partial charge >= 0.3 is 5.97 Å². The summed E-state index contributed by atoms with van der Waals surface area (Å²) in [4.78, 5) is 10.5. The highest BCUT2D eigenvalue weighted by molar-refractivity contribution is 5.67. The Kier molecular flexibility index (Phi) is 3.93. The van der Waals surface area contributed by atoms with Crippen molar-refractivity contribution in [2.75, 3.05) is 0 Å². The molecule has 0 unspecified atom stereocenters. The van der Waals surface area contributed by atoms with Gasteiger partial charge < -0.3 is 9.84 Å². The third-order valence-corrected chi connectivity index (χ3v) is 2.55. The maximum Gasteiger partial charge on any atom is 0.307 e. The molecule has 0 saturated carbocycles. The summed E-state index contributed by atoms with van der Waals surface area (Å²) < 4.78 is 5.64. The monoisotopic (exact) mass is 222 g/mol. The standard InChI is InChI=1S/C13H18O3/c1-8-5-9(2)11(4)12(6-8)16-10(3)7-13(14)15/h5-6,10H,7H2,1-4H3,(H,14,15)/t10-/m0/s1. The van der Waals surface area contributed by atoms with Gasteiger partial charge in [0.05, 0.1) is 6.42 Å². The molecule has 0 heterocycles. The largest absolute Gasteiger partial charge is 0.490 e. The third kappa shape index (κ3) is 3.26. The third-order valence-electron chi connectivity index (χ3n) is 2.55. The summed E-state index contributed by atoms with van der Waals surface area (Å²) in [5, 5.41) is 8.66. The number of aliphatic carboxylic acids is 1. The van der Waals surface area contributed by atoms with Gasteiger partial charge in [0.15, 0.2) is 0 Å². The molecule has 0 spiro atoms. The molecule has 3 heteroatoms. The van der Waals surface area contributed by atoms with Crippen LogP contribution in [0.2, 0.25) is 0 Å². The van der Waals surface area contributed by atoms with Gasteiger partial charge in [-0.25, -0.2) is 0 Å². The molecule has 0 aliphatic carbocycles. The minimum atomic E-state index is -0.838. The number of hydrogen-bond acceptors (Lipinski definition) is 2. The smallest absolute Gasteiger partial charge is 0.307 e. The molecule has 0 bridgehead atoms. The van der Waals surface area contributed by atoms with Crippen LogP contribution < -0.4 is 4.74 Å². The van der Waals surface area contributed by atoms with Crippen molar-refractivity contribution < 1.29 is 14.6 Å². The zero-order valence-corrected chi connectivity index (χ0v) is 10.2. The van der Waals surface area contributed by atoms with Crippen molar-refractivity contribution in [1.29, 1.82) is 0 Å². The highest BCUT2D eigenvalue weighted by Gasteiger charge is 2.11. The molecule has 88 valence electrons. The summed E-state index contributed by atoms with van der Waals surface area (Å²) in [6.45, 7) is 7.78. The molecular formula is C13H18O3. The van der Waals surface area contributed by atoms with Gasteiger partial charge in [-0.05, 0) is 50.5 Å². The molecule has 1 N–H and O–H groups in total. The summed E-state index contributed by atoms with van der Waals surface area (Å²) in [5.74, 6) is -0.0548. The van der Waals surface area contributed by atoms with Crippen LogP contribution in [-0.4, -0.2) is 17.2 Å². The van der Waals surface area contributed by atoms with Gasteiger partial charge in [-0.1, -0.05) is 6.07 Å². The maximum absolute atomic E-state index is 10.5. The Labute approximate surface area is 96.1 Å². The van der Waals surface area contributed by atoms with E-state index in [4.69, 9.17) is 9.84 Å². The van der Waals surface area contributed by atoms with Gasteiger partial charge in [0.25, 0.3) is 0 Å². The molecule has 0 aromatic heterocycles. The predicted molar refractivity (Wildman–Crippen MR) is 63.0 cm³/mol. The lowest BCUT2D eigenvalue weighted by Gasteiger charge is -2.16. The molecule has 0 fully saturated rings. The molecule has 1 aromatic carbocycles. The second kappa shape index (κ2) is 5.01. The van der Waals surface area contributed by atoms with E-state index in [1.807, 2.05) is 26.8 Å². The number of carbonyl (C=O) groups is 1. The van der Waals surface area contributed by atoms with Gasteiger partial charge in [0, 0.05) is 0 Å². The zero-order chi connectivity index (χ0) is 12.3. The number of aryl methyl sites for hydroxylation is 2. The second-order valence-corrected chi connectivity index (χ2v) is 4.23. The predicted octanol–water partition coefficient (Wildman–Crippen LogP) is 2.85. The maximum atomic E-state index is 10.5. The van der Waals surface area contributed by atoms with E-state index in [2.05, 4.69) is 6.07 Å². The van der Waals surface area contributed by atoms with Crippen molar-refractivity contribution in [3.8, 4) is 5.75 Å². The Morgan fingerprint density at radius 1 is 1.38 bits per heavy atom. The molecule has 0 saturated heterocycles. The van der Waals surface area contributed by atoms with Crippen LogP contribution in [0.25, 0.3) is 0 Å². The first-order valence-corrected chi connectivity index (χ1v) is 5.36. The molecule has 1 aromatic rings. The van der Waals surface area contributed by atoms with Gasteiger partial charge in [-0.2, -0.15) is 0 Å². The minimum absolute atomic E-state index is 0.0203. The van der Waals surface area contributed by atoms with E-state index in [0.717, 1.165) is 22.4 Å². The van der Waals surface area contributed by atoms with Crippen molar-refractivity contribution in [3.63, 3.8) is 0 Å². The summed E-state index contributed by atoms with van der Waals surface area (Å²) >= 11 is 0. The summed E-state index contributed by atoms with van der Waals surface area (Å²) in [7, 11) is 0. The normalized spacial score (nSPS) is 12.2. The van der Waals surface area contributed by atoms with E-state index in [1.165, 1.54) is 0 Å². The molecule has 0 radical (unpaired) electrons. The van der Waals surface area contributed by atoms with E-state index < -0.39 is 5.97 Å². The second-order valence-electron chi connectivity index (χ2n) is 4.23. The van der Waals surface area contributed by atoms with Crippen molar-refractivity contribution >= 4 is 5.97 Å². The number of rotatable bonds is 4. The van der Waals surface area contributed by atoms with Crippen LogP contribution in [0.1, 0.15) is 30.0 Å². The molecule has 1 atom stereocenters. The minimum Gasteiger partial charge on any atom is -0.490 e. The Hall–Kier alpha value is -1.51.